The molecule has 41 heavy (non-hydrogen) atoms. The van der Waals surface area contributed by atoms with Gasteiger partial charge in [0.25, 0.3) is 5.56 Å². The molecule has 0 spiro atoms. The second-order valence-electron chi connectivity index (χ2n) is 10.7. The Labute approximate surface area is 248 Å². The second-order valence-corrected chi connectivity index (χ2v) is 12.0. The molecule has 2 aromatic carbocycles. The van der Waals surface area contributed by atoms with E-state index in [0.717, 1.165) is 48.3 Å². The number of aryl methyl sites for hydroxylation is 1. The smallest absolute Gasteiger partial charge is 0.316 e. The Bertz CT molecular complexity index is 1320. The van der Waals surface area contributed by atoms with Gasteiger partial charge in [0.05, 0.1) is 5.69 Å². The van der Waals surface area contributed by atoms with E-state index in [2.05, 4.69) is 6.92 Å². The van der Waals surface area contributed by atoms with E-state index in [0.29, 0.717) is 30.9 Å². The maximum atomic E-state index is 13.7. The first-order valence-electron chi connectivity index (χ1n) is 14.7. The molecule has 0 aliphatic rings. The van der Waals surface area contributed by atoms with Crippen molar-refractivity contribution in [3.63, 3.8) is 0 Å². The molecule has 1 aromatic heterocycles. The maximum absolute atomic E-state index is 13.7. The number of nitrogens with zero attached hydrogens (tertiary/aromatic N) is 3. The molecule has 1 heterocycles. The predicted octanol–water partition coefficient (Wildman–Crippen LogP) is 7.07. The summed E-state index contributed by atoms with van der Waals surface area (Å²) < 4.78 is 1.48. The fourth-order valence-electron chi connectivity index (χ4n) is 4.74. The lowest BCUT2D eigenvalue weighted by molar-refractivity contribution is -0.136. The van der Waals surface area contributed by atoms with Gasteiger partial charge >= 0.3 is 5.97 Å². The van der Waals surface area contributed by atoms with Crippen molar-refractivity contribution in [1.29, 1.82) is 0 Å². The minimum Gasteiger partial charge on any atom is -0.480 e. The Hall–Kier alpha value is -3.39. The summed E-state index contributed by atoms with van der Waals surface area (Å²) in [6.07, 6.45) is 6.40. The van der Waals surface area contributed by atoms with Gasteiger partial charge in [-0.15, -0.1) is 11.8 Å². The van der Waals surface area contributed by atoms with Gasteiger partial charge in [-0.25, -0.2) is 4.98 Å². The van der Waals surface area contributed by atoms with Crippen LogP contribution in [0.1, 0.15) is 72.0 Å². The van der Waals surface area contributed by atoms with Crippen molar-refractivity contribution in [2.45, 2.75) is 89.3 Å². The van der Waals surface area contributed by atoms with Gasteiger partial charge in [-0.05, 0) is 43.0 Å². The molecule has 0 saturated carbocycles. The van der Waals surface area contributed by atoms with Gasteiger partial charge in [-0.1, -0.05) is 83.7 Å². The number of rotatable bonds is 16. The lowest BCUT2D eigenvalue weighted by Gasteiger charge is -2.24. The molecule has 0 unspecified atom stereocenters. The number of carboxylic acid groups (broad SMARTS) is 1. The summed E-state index contributed by atoms with van der Waals surface area (Å²) in [7, 11) is 0. The van der Waals surface area contributed by atoms with Gasteiger partial charge in [0.15, 0.2) is 0 Å². The first-order valence-corrected chi connectivity index (χ1v) is 15.6. The molecule has 1 atom stereocenters. The first kappa shape index (κ1) is 32.1. The number of carbonyl (C=O) groups excluding carboxylic acids is 1. The number of unbranched alkanes of at least 4 members (excludes halogenated alkanes) is 4. The van der Waals surface area contributed by atoms with Crippen LogP contribution in [0, 0.1) is 5.92 Å². The van der Waals surface area contributed by atoms with Crippen LogP contribution in [0.4, 0.5) is 5.69 Å². The summed E-state index contributed by atoms with van der Waals surface area (Å²) in [6.45, 7) is 8.60. The van der Waals surface area contributed by atoms with Crippen LogP contribution in [0.5, 0.6) is 0 Å². The number of amides is 1. The number of carbonyl (C=O) groups is 2. The zero-order valence-corrected chi connectivity index (χ0v) is 25.5. The summed E-state index contributed by atoms with van der Waals surface area (Å²) in [6, 6.07) is 18.6. The van der Waals surface area contributed by atoms with Crippen molar-refractivity contribution in [2.75, 3.05) is 11.4 Å². The highest BCUT2D eigenvalue weighted by molar-refractivity contribution is 8.00. The van der Waals surface area contributed by atoms with Gasteiger partial charge in [0, 0.05) is 35.2 Å². The van der Waals surface area contributed by atoms with Crippen molar-refractivity contribution in [2.24, 2.45) is 5.92 Å². The van der Waals surface area contributed by atoms with Crippen LogP contribution in [0.3, 0.4) is 0 Å². The SMILES string of the molecule is CCCCCCCN(C(=O)Cn1c(CC)nc(-c2ccccc2)cc1=O)c1ccc(S[C@@H](CC(C)C)C(=O)O)cc1. The van der Waals surface area contributed by atoms with Crippen LogP contribution < -0.4 is 10.5 Å². The van der Waals surface area contributed by atoms with Gasteiger partial charge in [0.2, 0.25) is 5.91 Å². The molecule has 8 heteroatoms. The number of thioether (sulfide) groups is 1. The van der Waals surface area contributed by atoms with Crippen LogP contribution in [-0.4, -0.2) is 38.3 Å². The third kappa shape index (κ3) is 9.59. The van der Waals surface area contributed by atoms with Crippen LogP contribution in [0.2, 0.25) is 0 Å². The van der Waals surface area contributed by atoms with Crippen molar-refractivity contribution in [3.05, 3.63) is 76.8 Å². The standard InChI is InChI=1S/C33H43N3O4S/c1-5-7-8-9-13-20-35(26-16-18-27(19-17-26)41-29(33(39)40)21-24(3)4)32(38)23-36-30(6-2)34-28(22-31(36)37)25-14-11-10-12-15-25/h10-12,14-19,22,24,29H,5-9,13,20-21,23H2,1-4H3,(H,39,40)/t29-/m0/s1. The quantitative estimate of drug-likeness (QED) is 0.145. The topological polar surface area (TPSA) is 92.5 Å². The van der Waals surface area contributed by atoms with E-state index in [4.69, 9.17) is 4.98 Å². The van der Waals surface area contributed by atoms with E-state index >= 15 is 0 Å². The Morgan fingerprint density at radius 3 is 2.27 bits per heavy atom. The van der Waals surface area contributed by atoms with E-state index in [9.17, 15) is 19.5 Å². The molecular weight excluding hydrogens is 534 g/mol. The number of carboxylic acids is 1. The Balaban J connectivity index is 1.84. The maximum Gasteiger partial charge on any atom is 0.316 e. The summed E-state index contributed by atoms with van der Waals surface area (Å²) in [5, 5.41) is 9.11. The molecule has 0 bridgehead atoms. The van der Waals surface area contributed by atoms with Crippen LogP contribution >= 0.6 is 11.8 Å². The largest absolute Gasteiger partial charge is 0.480 e. The van der Waals surface area contributed by atoms with Crippen molar-refractivity contribution < 1.29 is 14.7 Å². The fraction of sp³-hybridized carbons (Fsp3) is 0.455. The molecule has 1 N–H and O–H groups in total. The van der Waals surface area contributed by atoms with E-state index < -0.39 is 11.2 Å². The number of hydrogen-bond acceptors (Lipinski definition) is 5. The summed E-state index contributed by atoms with van der Waals surface area (Å²) in [4.78, 5) is 46.0. The highest BCUT2D eigenvalue weighted by Gasteiger charge is 2.22. The molecule has 0 aliphatic heterocycles. The molecule has 3 rings (SSSR count). The molecule has 1 amide bonds. The molecule has 0 aliphatic carbocycles. The molecule has 220 valence electrons. The molecule has 3 aromatic rings. The Kier molecular flexibility index (Phi) is 12.7. The minimum absolute atomic E-state index is 0.0922. The van der Waals surface area contributed by atoms with E-state index in [-0.39, 0.29) is 23.9 Å². The monoisotopic (exact) mass is 577 g/mol. The first-order chi connectivity index (χ1) is 19.7. The normalized spacial score (nSPS) is 11.9. The third-order valence-electron chi connectivity index (χ3n) is 6.94. The summed E-state index contributed by atoms with van der Waals surface area (Å²) in [5.41, 5.74) is 1.96. The van der Waals surface area contributed by atoms with Gasteiger partial charge in [-0.3, -0.25) is 19.0 Å². The second kappa shape index (κ2) is 16.2. The summed E-state index contributed by atoms with van der Waals surface area (Å²) in [5.74, 6) is -0.142. The van der Waals surface area contributed by atoms with Crippen molar-refractivity contribution in [1.82, 2.24) is 9.55 Å². The number of anilines is 1. The van der Waals surface area contributed by atoms with Gasteiger partial charge in [0.1, 0.15) is 17.6 Å². The van der Waals surface area contributed by atoms with Crippen molar-refractivity contribution in [3.8, 4) is 11.3 Å². The van der Waals surface area contributed by atoms with E-state index in [1.165, 1.54) is 22.4 Å². The molecule has 7 nitrogen and oxygen atoms in total. The van der Waals surface area contributed by atoms with Gasteiger partial charge < -0.3 is 10.0 Å². The van der Waals surface area contributed by atoms with Crippen LogP contribution in [0.25, 0.3) is 11.3 Å². The number of aromatic nitrogens is 2. The highest BCUT2D eigenvalue weighted by Crippen LogP contribution is 2.30. The zero-order chi connectivity index (χ0) is 29.8. The lowest BCUT2D eigenvalue weighted by Crippen LogP contribution is -2.38. The predicted molar refractivity (Wildman–Crippen MR) is 168 cm³/mol. The molecule has 0 fully saturated rings. The Morgan fingerprint density at radius 2 is 1.66 bits per heavy atom. The van der Waals surface area contributed by atoms with Crippen molar-refractivity contribution >= 4 is 29.3 Å². The fourth-order valence-corrected chi connectivity index (χ4v) is 5.94. The van der Waals surface area contributed by atoms with Gasteiger partial charge in [-0.2, -0.15) is 0 Å². The number of hydrogen-bond donors (Lipinski definition) is 1. The summed E-state index contributed by atoms with van der Waals surface area (Å²) >= 11 is 1.33. The third-order valence-corrected chi connectivity index (χ3v) is 8.16. The van der Waals surface area contributed by atoms with Crippen LogP contribution in [0.15, 0.2) is 70.4 Å². The minimum atomic E-state index is -0.819. The number of aliphatic carboxylic acids is 1. The lowest BCUT2D eigenvalue weighted by atomic mass is 10.1. The van der Waals surface area contributed by atoms with E-state index in [1.54, 1.807) is 4.90 Å². The average Bonchev–Trinajstić information content (AvgIpc) is 2.96. The molecular formula is C33H43N3O4S. The molecule has 0 saturated heterocycles. The zero-order valence-electron chi connectivity index (χ0n) is 24.7. The highest BCUT2D eigenvalue weighted by atomic mass is 32.2. The average molecular weight is 578 g/mol. The van der Waals surface area contributed by atoms with E-state index in [1.807, 2.05) is 75.4 Å². The van der Waals surface area contributed by atoms with Crippen LogP contribution in [-0.2, 0) is 22.6 Å². The molecule has 0 radical (unpaired) electrons. The Morgan fingerprint density at radius 1 is 0.976 bits per heavy atom. The number of benzene rings is 2.